The SMILES string of the molecule is C=CCn1c(CNC(=O)/C=C/c2ccc(OC)c(OC)c2)nnc1SCC(=O)Nc1cccc(Cl)c1C. The highest BCUT2D eigenvalue weighted by atomic mass is 35.5. The monoisotopic (exact) mass is 541 g/mol. The minimum Gasteiger partial charge on any atom is -0.493 e. The molecule has 0 fully saturated rings. The van der Waals surface area contributed by atoms with Crippen molar-refractivity contribution in [2.45, 2.75) is 25.2 Å². The minimum absolute atomic E-state index is 0.127. The lowest BCUT2D eigenvalue weighted by molar-refractivity contribution is -0.116. The topological polar surface area (TPSA) is 107 Å². The fourth-order valence-corrected chi connectivity index (χ4v) is 4.22. The van der Waals surface area contributed by atoms with Gasteiger partial charge in [0.2, 0.25) is 11.8 Å². The summed E-state index contributed by atoms with van der Waals surface area (Å²) in [6.45, 7) is 6.20. The van der Waals surface area contributed by atoms with Crippen molar-refractivity contribution in [2.75, 3.05) is 25.3 Å². The molecular weight excluding hydrogens is 514 g/mol. The minimum atomic E-state index is -0.298. The Balaban J connectivity index is 1.58. The number of methoxy groups -OCH3 is 2. The maximum Gasteiger partial charge on any atom is 0.244 e. The van der Waals surface area contributed by atoms with Crippen LogP contribution in [0.4, 0.5) is 5.69 Å². The van der Waals surface area contributed by atoms with Gasteiger partial charge in [-0.25, -0.2) is 0 Å². The number of carbonyl (C=O) groups is 2. The molecule has 0 saturated carbocycles. The molecule has 3 rings (SSSR count). The summed E-state index contributed by atoms with van der Waals surface area (Å²) in [4.78, 5) is 24.9. The lowest BCUT2D eigenvalue weighted by Gasteiger charge is -2.10. The fourth-order valence-electron chi connectivity index (χ4n) is 3.28. The third-order valence-corrected chi connectivity index (χ3v) is 6.61. The lowest BCUT2D eigenvalue weighted by Crippen LogP contribution is -2.23. The summed E-state index contributed by atoms with van der Waals surface area (Å²) in [6.07, 6.45) is 4.80. The van der Waals surface area contributed by atoms with Crippen molar-refractivity contribution in [3.8, 4) is 11.5 Å². The first-order chi connectivity index (χ1) is 17.9. The van der Waals surface area contributed by atoms with Gasteiger partial charge in [-0.2, -0.15) is 0 Å². The number of hydrogen-bond donors (Lipinski definition) is 2. The summed E-state index contributed by atoms with van der Waals surface area (Å²) in [6, 6.07) is 10.7. The Kier molecular flexibility index (Phi) is 10.2. The van der Waals surface area contributed by atoms with Crippen LogP contribution in [0.15, 0.2) is 60.3 Å². The number of nitrogens with one attached hydrogen (secondary N) is 2. The molecule has 3 aromatic rings. The number of anilines is 1. The normalized spacial score (nSPS) is 10.8. The third-order valence-electron chi connectivity index (χ3n) is 5.23. The van der Waals surface area contributed by atoms with Gasteiger partial charge < -0.3 is 24.7 Å². The first-order valence-electron chi connectivity index (χ1n) is 11.2. The van der Waals surface area contributed by atoms with Crippen LogP contribution < -0.4 is 20.1 Å². The Hall–Kier alpha value is -3.76. The number of halogens is 1. The van der Waals surface area contributed by atoms with Gasteiger partial charge in [0.05, 0.1) is 26.5 Å². The predicted molar refractivity (Wildman–Crippen MR) is 146 cm³/mol. The van der Waals surface area contributed by atoms with Crippen molar-refractivity contribution in [2.24, 2.45) is 0 Å². The van der Waals surface area contributed by atoms with Gasteiger partial charge in [-0.05, 0) is 48.4 Å². The molecule has 37 heavy (non-hydrogen) atoms. The zero-order valence-electron chi connectivity index (χ0n) is 20.8. The van der Waals surface area contributed by atoms with Crippen molar-refractivity contribution in [3.63, 3.8) is 0 Å². The number of allylic oxidation sites excluding steroid dienone is 1. The molecule has 0 radical (unpaired) electrons. The molecule has 0 spiro atoms. The quantitative estimate of drug-likeness (QED) is 0.197. The molecule has 194 valence electrons. The van der Waals surface area contributed by atoms with Gasteiger partial charge >= 0.3 is 0 Å². The van der Waals surface area contributed by atoms with Gasteiger partial charge in [-0.3, -0.25) is 9.59 Å². The van der Waals surface area contributed by atoms with Gasteiger partial charge in [-0.15, -0.1) is 16.8 Å². The number of benzene rings is 2. The second-order valence-electron chi connectivity index (χ2n) is 7.71. The molecule has 0 saturated heterocycles. The highest BCUT2D eigenvalue weighted by molar-refractivity contribution is 7.99. The van der Waals surface area contributed by atoms with Crippen molar-refractivity contribution in [1.82, 2.24) is 20.1 Å². The number of nitrogens with zero attached hydrogens (tertiary/aromatic N) is 3. The van der Waals surface area contributed by atoms with Gasteiger partial charge in [0.25, 0.3) is 0 Å². The molecule has 0 aliphatic heterocycles. The molecule has 0 aliphatic carbocycles. The van der Waals surface area contributed by atoms with Crippen LogP contribution in [0.25, 0.3) is 6.08 Å². The van der Waals surface area contributed by atoms with Crippen LogP contribution in [0, 0.1) is 6.92 Å². The molecule has 0 aliphatic rings. The van der Waals surface area contributed by atoms with Gasteiger partial charge in [0, 0.05) is 23.3 Å². The van der Waals surface area contributed by atoms with Gasteiger partial charge in [-0.1, -0.05) is 41.6 Å². The highest BCUT2D eigenvalue weighted by Gasteiger charge is 2.15. The number of aromatic nitrogens is 3. The summed E-state index contributed by atoms with van der Waals surface area (Å²) in [5, 5.41) is 15.2. The molecule has 1 heterocycles. The Morgan fingerprint density at radius 2 is 1.95 bits per heavy atom. The predicted octanol–water partition coefficient (Wildman–Crippen LogP) is 4.50. The maximum atomic E-state index is 12.5. The second kappa shape index (κ2) is 13.5. The molecule has 2 amide bonds. The van der Waals surface area contributed by atoms with E-state index in [0.717, 1.165) is 11.1 Å². The van der Waals surface area contributed by atoms with E-state index in [1.54, 1.807) is 61.3 Å². The fraction of sp³-hybridized carbons (Fsp3) is 0.231. The number of thioether (sulfide) groups is 1. The average Bonchev–Trinajstić information content (AvgIpc) is 3.28. The summed E-state index contributed by atoms with van der Waals surface area (Å²) in [5.41, 5.74) is 2.25. The first-order valence-corrected chi connectivity index (χ1v) is 12.6. The summed E-state index contributed by atoms with van der Waals surface area (Å²) in [5.74, 6) is 1.36. The standard InChI is InChI=1S/C26H28ClN5O4S/c1-5-13-32-23(15-28-24(33)12-10-18-9-11-21(35-3)22(14-18)36-4)30-31-26(32)37-16-25(34)29-20-8-6-7-19(27)17(20)2/h5-12,14H,1,13,15-16H2,2-4H3,(H,28,33)(H,29,34)/b12-10+. The number of amides is 2. The van der Waals surface area contributed by atoms with Crippen molar-refractivity contribution < 1.29 is 19.1 Å². The van der Waals surface area contributed by atoms with Crippen LogP contribution in [-0.4, -0.2) is 46.6 Å². The van der Waals surface area contributed by atoms with E-state index in [1.807, 2.05) is 13.0 Å². The van der Waals surface area contributed by atoms with Crippen LogP contribution >= 0.6 is 23.4 Å². The van der Waals surface area contributed by atoms with E-state index in [9.17, 15) is 9.59 Å². The molecule has 2 aromatic carbocycles. The van der Waals surface area contributed by atoms with E-state index in [4.69, 9.17) is 21.1 Å². The van der Waals surface area contributed by atoms with E-state index >= 15 is 0 Å². The lowest BCUT2D eigenvalue weighted by atomic mass is 10.2. The second-order valence-corrected chi connectivity index (χ2v) is 9.06. The summed E-state index contributed by atoms with van der Waals surface area (Å²) in [7, 11) is 3.11. The smallest absolute Gasteiger partial charge is 0.244 e. The molecule has 9 nitrogen and oxygen atoms in total. The van der Waals surface area contributed by atoms with E-state index in [2.05, 4.69) is 27.4 Å². The number of ether oxygens (including phenoxy) is 2. The zero-order chi connectivity index (χ0) is 26.8. The van der Waals surface area contributed by atoms with Crippen molar-refractivity contribution in [3.05, 3.63) is 77.1 Å². The molecule has 0 bridgehead atoms. The van der Waals surface area contributed by atoms with E-state index < -0.39 is 0 Å². The zero-order valence-corrected chi connectivity index (χ0v) is 22.4. The Labute approximate surface area is 224 Å². The number of carbonyl (C=O) groups excluding carboxylic acids is 2. The molecule has 2 N–H and O–H groups in total. The van der Waals surface area contributed by atoms with E-state index in [1.165, 1.54) is 17.8 Å². The van der Waals surface area contributed by atoms with Gasteiger partial charge in [0.1, 0.15) is 0 Å². The molecule has 11 heteroatoms. The Morgan fingerprint density at radius 1 is 1.16 bits per heavy atom. The van der Waals surface area contributed by atoms with Gasteiger partial charge in [0.15, 0.2) is 22.5 Å². The first kappa shape index (κ1) is 27.8. The van der Waals surface area contributed by atoms with Crippen molar-refractivity contribution >= 4 is 46.9 Å². The molecule has 1 aromatic heterocycles. The van der Waals surface area contributed by atoms with E-state index in [-0.39, 0.29) is 24.1 Å². The van der Waals surface area contributed by atoms with Crippen LogP contribution in [0.2, 0.25) is 5.02 Å². The number of hydrogen-bond acceptors (Lipinski definition) is 7. The van der Waals surface area contributed by atoms with Crippen LogP contribution in [0.1, 0.15) is 17.0 Å². The van der Waals surface area contributed by atoms with Crippen LogP contribution in [-0.2, 0) is 22.7 Å². The summed E-state index contributed by atoms with van der Waals surface area (Å²) < 4.78 is 12.3. The largest absolute Gasteiger partial charge is 0.493 e. The highest BCUT2D eigenvalue weighted by Crippen LogP contribution is 2.28. The third kappa shape index (κ3) is 7.61. The maximum absolute atomic E-state index is 12.5. The summed E-state index contributed by atoms with van der Waals surface area (Å²) >= 11 is 7.36. The van der Waals surface area contributed by atoms with Crippen LogP contribution in [0.3, 0.4) is 0 Å². The van der Waals surface area contributed by atoms with Crippen molar-refractivity contribution in [1.29, 1.82) is 0 Å². The van der Waals surface area contributed by atoms with E-state index in [0.29, 0.717) is 39.7 Å². The average molecular weight is 542 g/mol. The molecular formula is C26H28ClN5O4S. The molecule has 0 unspecified atom stereocenters. The number of rotatable bonds is 12. The Morgan fingerprint density at radius 3 is 2.68 bits per heavy atom. The molecule has 0 atom stereocenters. The van der Waals surface area contributed by atoms with Crippen LogP contribution in [0.5, 0.6) is 11.5 Å². The Bertz CT molecular complexity index is 1310.